The van der Waals surface area contributed by atoms with Crippen LogP contribution in [0, 0.1) is 5.41 Å². The Labute approximate surface area is 103 Å². The van der Waals surface area contributed by atoms with E-state index in [1.54, 1.807) is 4.90 Å². The molecule has 1 aliphatic rings. The van der Waals surface area contributed by atoms with Crippen LogP contribution in [-0.2, 0) is 9.59 Å². The molecule has 1 heterocycles. The van der Waals surface area contributed by atoms with Gasteiger partial charge >= 0.3 is 0 Å². The van der Waals surface area contributed by atoms with Crippen molar-refractivity contribution < 1.29 is 9.59 Å². The molecule has 0 aromatic heterocycles. The van der Waals surface area contributed by atoms with Crippen LogP contribution >= 0.6 is 0 Å². The lowest BCUT2D eigenvalue weighted by Gasteiger charge is -2.21. The summed E-state index contributed by atoms with van der Waals surface area (Å²) in [4.78, 5) is 24.9. The van der Waals surface area contributed by atoms with Crippen LogP contribution in [0.3, 0.4) is 0 Å². The van der Waals surface area contributed by atoms with Crippen molar-refractivity contribution in [2.24, 2.45) is 11.1 Å². The van der Waals surface area contributed by atoms with Gasteiger partial charge in [0.2, 0.25) is 11.8 Å². The number of primary amides is 1. The molecule has 5 nitrogen and oxygen atoms in total. The Hall–Kier alpha value is -1.10. The topological polar surface area (TPSA) is 75.4 Å². The maximum absolute atomic E-state index is 11.9. The molecule has 17 heavy (non-hydrogen) atoms. The first-order valence-electron chi connectivity index (χ1n) is 6.16. The molecule has 0 aromatic carbocycles. The third-order valence-electron chi connectivity index (χ3n) is 3.31. The molecule has 5 heteroatoms. The van der Waals surface area contributed by atoms with Crippen molar-refractivity contribution in [1.82, 2.24) is 10.2 Å². The number of amides is 2. The Balaban J connectivity index is 2.38. The highest BCUT2D eigenvalue weighted by Gasteiger charge is 2.40. The zero-order chi connectivity index (χ0) is 13.1. The molecule has 98 valence electrons. The van der Waals surface area contributed by atoms with Crippen molar-refractivity contribution in [3.8, 4) is 0 Å². The van der Waals surface area contributed by atoms with Gasteiger partial charge in [-0.2, -0.15) is 0 Å². The van der Waals surface area contributed by atoms with Crippen molar-refractivity contribution >= 4 is 11.8 Å². The minimum absolute atomic E-state index is 0.100. The first kappa shape index (κ1) is 14.0. The number of nitrogens with zero attached hydrogens (tertiary/aromatic N) is 1. The Bertz CT molecular complexity index is 304. The summed E-state index contributed by atoms with van der Waals surface area (Å²) in [5, 5.41) is 3.20. The summed E-state index contributed by atoms with van der Waals surface area (Å²) >= 11 is 0. The fourth-order valence-corrected chi connectivity index (χ4v) is 2.00. The van der Waals surface area contributed by atoms with Gasteiger partial charge in [-0.1, -0.05) is 13.8 Å². The fraction of sp³-hybridized carbons (Fsp3) is 0.833. The quantitative estimate of drug-likeness (QED) is 0.716. The predicted molar refractivity (Wildman–Crippen MR) is 66.3 cm³/mol. The molecule has 1 unspecified atom stereocenters. The summed E-state index contributed by atoms with van der Waals surface area (Å²) < 4.78 is 0. The fourth-order valence-electron chi connectivity index (χ4n) is 2.00. The van der Waals surface area contributed by atoms with Crippen molar-refractivity contribution in [2.45, 2.75) is 39.7 Å². The molecule has 1 atom stereocenters. The van der Waals surface area contributed by atoms with Gasteiger partial charge in [0, 0.05) is 32.1 Å². The van der Waals surface area contributed by atoms with Gasteiger partial charge in [0.15, 0.2) is 0 Å². The van der Waals surface area contributed by atoms with Gasteiger partial charge in [0.25, 0.3) is 0 Å². The minimum atomic E-state index is -0.541. The third-order valence-corrected chi connectivity index (χ3v) is 3.31. The SMILES string of the molecule is CC(C)NCCC(=O)N1CCC(C)(C(N)=O)C1. The second-order valence-electron chi connectivity index (χ2n) is 5.35. The highest BCUT2D eigenvalue weighted by Crippen LogP contribution is 2.29. The molecule has 1 rings (SSSR count). The van der Waals surface area contributed by atoms with Crippen LogP contribution in [0.25, 0.3) is 0 Å². The number of likely N-dealkylation sites (tertiary alicyclic amines) is 1. The Morgan fingerprint density at radius 2 is 2.12 bits per heavy atom. The van der Waals surface area contributed by atoms with Crippen LogP contribution in [0.15, 0.2) is 0 Å². The Morgan fingerprint density at radius 1 is 1.47 bits per heavy atom. The Morgan fingerprint density at radius 3 is 2.59 bits per heavy atom. The number of rotatable bonds is 5. The van der Waals surface area contributed by atoms with Gasteiger partial charge in [0.1, 0.15) is 0 Å². The molecule has 1 aliphatic heterocycles. The minimum Gasteiger partial charge on any atom is -0.369 e. The predicted octanol–water partition coefficient (Wildman–Crippen LogP) is 0.0984. The lowest BCUT2D eigenvalue weighted by Crippen LogP contribution is -2.39. The maximum atomic E-state index is 11.9. The smallest absolute Gasteiger partial charge is 0.225 e. The Kier molecular flexibility index (Phi) is 4.51. The molecule has 0 saturated carbocycles. The average molecular weight is 241 g/mol. The van der Waals surface area contributed by atoms with Gasteiger partial charge in [-0.25, -0.2) is 0 Å². The molecule has 0 radical (unpaired) electrons. The van der Waals surface area contributed by atoms with Crippen LogP contribution < -0.4 is 11.1 Å². The van der Waals surface area contributed by atoms with Gasteiger partial charge in [0.05, 0.1) is 5.41 Å². The van der Waals surface area contributed by atoms with Gasteiger partial charge in [-0.15, -0.1) is 0 Å². The van der Waals surface area contributed by atoms with E-state index in [2.05, 4.69) is 5.32 Å². The van der Waals surface area contributed by atoms with Crippen LogP contribution in [0.2, 0.25) is 0 Å². The van der Waals surface area contributed by atoms with Crippen LogP contribution in [0.5, 0.6) is 0 Å². The number of hydrogen-bond acceptors (Lipinski definition) is 3. The number of nitrogens with one attached hydrogen (secondary N) is 1. The summed E-state index contributed by atoms with van der Waals surface area (Å²) in [5.74, 6) is -0.212. The van der Waals surface area contributed by atoms with Crippen LogP contribution in [0.4, 0.5) is 0 Å². The van der Waals surface area contributed by atoms with Gasteiger partial charge < -0.3 is 16.0 Å². The number of hydrogen-bond donors (Lipinski definition) is 2. The standard InChI is InChI=1S/C12H23N3O2/c1-9(2)14-6-4-10(16)15-7-5-12(3,8-15)11(13)17/h9,14H,4-8H2,1-3H3,(H2,13,17). The largest absolute Gasteiger partial charge is 0.369 e. The lowest BCUT2D eigenvalue weighted by molar-refractivity contribution is -0.131. The zero-order valence-corrected chi connectivity index (χ0v) is 11.0. The number of carbonyl (C=O) groups excluding carboxylic acids is 2. The highest BCUT2D eigenvalue weighted by molar-refractivity contribution is 5.83. The monoisotopic (exact) mass is 241 g/mol. The molecular weight excluding hydrogens is 218 g/mol. The molecule has 3 N–H and O–H groups in total. The number of carbonyl (C=O) groups is 2. The second-order valence-corrected chi connectivity index (χ2v) is 5.35. The summed E-state index contributed by atoms with van der Waals surface area (Å²) in [6.45, 7) is 7.70. The van der Waals surface area contributed by atoms with E-state index in [4.69, 9.17) is 5.73 Å². The summed E-state index contributed by atoms with van der Waals surface area (Å²) in [6.07, 6.45) is 1.15. The van der Waals surface area contributed by atoms with Crippen molar-refractivity contribution in [1.29, 1.82) is 0 Å². The van der Waals surface area contributed by atoms with Gasteiger partial charge in [-0.3, -0.25) is 9.59 Å². The van der Waals surface area contributed by atoms with E-state index in [1.165, 1.54) is 0 Å². The van der Waals surface area contributed by atoms with E-state index in [0.29, 0.717) is 38.5 Å². The molecule has 0 aromatic rings. The zero-order valence-electron chi connectivity index (χ0n) is 11.0. The highest BCUT2D eigenvalue weighted by atomic mass is 16.2. The number of nitrogens with two attached hydrogens (primary N) is 1. The van der Waals surface area contributed by atoms with Gasteiger partial charge in [-0.05, 0) is 13.3 Å². The van der Waals surface area contributed by atoms with Crippen LogP contribution in [-0.4, -0.2) is 42.4 Å². The average Bonchev–Trinajstić information content (AvgIpc) is 2.62. The van der Waals surface area contributed by atoms with Crippen LogP contribution in [0.1, 0.15) is 33.6 Å². The van der Waals surface area contributed by atoms with Crippen molar-refractivity contribution in [2.75, 3.05) is 19.6 Å². The summed E-state index contributed by atoms with van der Waals surface area (Å²) in [5.41, 5.74) is 4.80. The van der Waals surface area contributed by atoms with E-state index >= 15 is 0 Å². The molecule has 2 amide bonds. The molecule has 0 aliphatic carbocycles. The first-order chi connectivity index (χ1) is 7.85. The normalized spacial score (nSPS) is 24.4. The van der Waals surface area contributed by atoms with E-state index in [-0.39, 0.29) is 11.8 Å². The summed E-state index contributed by atoms with van der Waals surface area (Å²) in [7, 11) is 0. The maximum Gasteiger partial charge on any atom is 0.225 e. The second kappa shape index (κ2) is 5.49. The molecule has 0 spiro atoms. The van der Waals surface area contributed by atoms with E-state index in [0.717, 1.165) is 0 Å². The molecule has 0 bridgehead atoms. The molecule has 1 saturated heterocycles. The molecule has 1 fully saturated rings. The molecular formula is C12H23N3O2. The lowest BCUT2D eigenvalue weighted by atomic mass is 9.89. The first-order valence-corrected chi connectivity index (χ1v) is 6.16. The van der Waals surface area contributed by atoms with Crippen molar-refractivity contribution in [3.05, 3.63) is 0 Å². The van der Waals surface area contributed by atoms with E-state index < -0.39 is 5.41 Å². The van der Waals surface area contributed by atoms with E-state index in [1.807, 2.05) is 20.8 Å². The van der Waals surface area contributed by atoms with Crippen molar-refractivity contribution in [3.63, 3.8) is 0 Å². The van der Waals surface area contributed by atoms with E-state index in [9.17, 15) is 9.59 Å². The summed E-state index contributed by atoms with van der Waals surface area (Å²) in [6, 6.07) is 0.386. The third kappa shape index (κ3) is 3.70.